The van der Waals surface area contributed by atoms with E-state index in [2.05, 4.69) is 14.9 Å². The van der Waals surface area contributed by atoms with E-state index in [1.807, 2.05) is 0 Å². The lowest BCUT2D eigenvalue weighted by Crippen LogP contribution is -2.10. The summed E-state index contributed by atoms with van der Waals surface area (Å²) in [6, 6.07) is 12.7. The number of benzene rings is 2. The second-order valence-corrected chi connectivity index (χ2v) is 8.17. The lowest BCUT2D eigenvalue weighted by Gasteiger charge is -2.15. The number of anilines is 1. The Kier molecular flexibility index (Phi) is 5.68. The maximum Gasteiger partial charge on any atom is 0.184 e. The third kappa shape index (κ3) is 4.26. The minimum absolute atomic E-state index is 0.0511. The zero-order valence-electron chi connectivity index (χ0n) is 17.6. The number of nitrogens with one attached hydrogen (secondary N) is 1. The van der Waals surface area contributed by atoms with Gasteiger partial charge in [-0.3, -0.25) is 0 Å². The van der Waals surface area contributed by atoms with E-state index < -0.39 is 17.9 Å². The lowest BCUT2D eigenvalue weighted by molar-refractivity contribution is 0.178. The van der Waals surface area contributed by atoms with Gasteiger partial charge in [-0.15, -0.1) is 0 Å². The number of aromatic nitrogens is 2. The number of hydrogen-bond acceptors (Lipinski definition) is 4. The predicted octanol–water partition coefficient (Wildman–Crippen LogP) is 6.45. The van der Waals surface area contributed by atoms with E-state index >= 15 is 0 Å². The fourth-order valence-electron chi connectivity index (χ4n) is 4.34. The lowest BCUT2D eigenvalue weighted by atomic mass is 10.1. The second-order valence-electron chi connectivity index (χ2n) is 8.17. The van der Waals surface area contributed by atoms with Crippen molar-refractivity contribution in [1.29, 1.82) is 0 Å². The third-order valence-corrected chi connectivity index (χ3v) is 5.98. The maximum atomic E-state index is 14.0. The average molecular weight is 453 g/mol. The Hall–Kier alpha value is -3.52. The highest BCUT2D eigenvalue weighted by molar-refractivity contribution is 5.76. The molecule has 1 aliphatic rings. The molecule has 1 saturated carbocycles. The van der Waals surface area contributed by atoms with Crippen LogP contribution in [0.15, 0.2) is 65.3 Å². The van der Waals surface area contributed by atoms with E-state index in [4.69, 9.17) is 4.42 Å². The summed E-state index contributed by atoms with van der Waals surface area (Å²) in [5.74, 6) is -1.22. The van der Waals surface area contributed by atoms with Crippen molar-refractivity contribution in [3.8, 4) is 22.7 Å². The van der Waals surface area contributed by atoms with Crippen LogP contribution in [-0.2, 0) is 0 Å². The van der Waals surface area contributed by atoms with Crippen LogP contribution in [0.25, 0.3) is 22.7 Å². The Labute approximate surface area is 188 Å². The van der Waals surface area contributed by atoms with Gasteiger partial charge in [-0.1, -0.05) is 12.8 Å². The van der Waals surface area contributed by atoms with E-state index in [0.717, 1.165) is 49.1 Å². The largest absolute Gasteiger partial charge is 0.455 e. The molecule has 2 aromatic heterocycles. The zero-order chi connectivity index (χ0) is 22.9. The number of aliphatic hydroxyl groups is 1. The Morgan fingerprint density at radius 3 is 2.42 bits per heavy atom. The molecular formula is C25H22F3N3O2. The SMILES string of the molecule is OC(Nc1ccc(F)cc1F)c1ccc(-c2c(-c3ccc(F)cc3)ncn2C2CCCC2)o1. The van der Waals surface area contributed by atoms with Crippen LogP contribution in [0.2, 0.25) is 0 Å². The number of furan rings is 1. The van der Waals surface area contributed by atoms with E-state index in [0.29, 0.717) is 11.5 Å². The Morgan fingerprint density at radius 1 is 0.970 bits per heavy atom. The molecule has 170 valence electrons. The molecule has 0 aliphatic heterocycles. The van der Waals surface area contributed by atoms with Crippen LogP contribution in [0.5, 0.6) is 0 Å². The molecule has 33 heavy (non-hydrogen) atoms. The summed E-state index contributed by atoms with van der Waals surface area (Å²) in [4.78, 5) is 4.60. The van der Waals surface area contributed by atoms with E-state index in [9.17, 15) is 18.3 Å². The van der Waals surface area contributed by atoms with Crippen molar-refractivity contribution in [2.45, 2.75) is 38.0 Å². The molecule has 2 aromatic carbocycles. The second kappa shape index (κ2) is 8.78. The van der Waals surface area contributed by atoms with Gasteiger partial charge in [0.1, 0.15) is 23.1 Å². The van der Waals surface area contributed by atoms with Crippen molar-refractivity contribution in [2.75, 3.05) is 5.32 Å². The van der Waals surface area contributed by atoms with Gasteiger partial charge in [0.2, 0.25) is 0 Å². The Bertz CT molecular complexity index is 1260. The van der Waals surface area contributed by atoms with Crippen molar-refractivity contribution >= 4 is 5.69 Å². The molecule has 4 aromatic rings. The number of imidazole rings is 1. The summed E-state index contributed by atoms with van der Waals surface area (Å²) < 4.78 is 48.6. The molecule has 5 rings (SSSR count). The molecule has 8 heteroatoms. The number of hydrogen-bond donors (Lipinski definition) is 2. The highest BCUT2D eigenvalue weighted by Gasteiger charge is 2.26. The van der Waals surface area contributed by atoms with Gasteiger partial charge in [0.25, 0.3) is 0 Å². The van der Waals surface area contributed by atoms with Crippen molar-refractivity contribution in [3.05, 3.63) is 84.1 Å². The quantitative estimate of drug-likeness (QED) is 0.330. The van der Waals surface area contributed by atoms with Crippen LogP contribution >= 0.6 is 0 Å². The summed E-state index contributed by atoms with van der Waals surface area (Å²) in [6.07, 6.45) is 4.72. The van der Waals surface area contributed by atoms with Gasteiger partial charge in [-0.05, 0) is 61.4 Å². The summed E-state index contributed by atoms with van der Waals surface area (Å²) in [5.41, 5.74) is 2.08. The van der Waals surface area contributed by atoms with Gasteiger partial charge in [0.05, 0.1) is 17.7 Å². The summed E-state index contributed by atoms with van der Waals surface area (Å²) in [6.45, 7) is 0. The normalized spacial score (nSPS) is 15.2. The molecule has 0 radical (unpaired) electrons. The molecule has 0 amide bonds. The van der Waals surface area contributed by atoms with Crippen LogP contribution in [0.4, 0.5) is 18.9 Å². The smallest absolute Gasteiger partial charge is 0.184 e. The molecule has 0 spiro atoms. The number of nitrogens with zero attached hydrogens (tertiary/aromatic N) is 2. The zero-order valence-corrected chi connectivity index (χ0v) is 17.6. The van der Waals surface area contributed by atoms with Crippen LogP contribution in [0, 0.1) is 17.5 Å². The molecule has 0 saturated heterocycles. The maximum absolute atomic E-state index is 14.0. The molecule has 1 fully saturated rings. The van der Waals surface area contributed by atoms with Crippen molar-refractivity contribution in [2.24, 2.45) is 0 Å². The Morgan fingerprint density at radius 2 is 1.70 bits per heavy atom. The van der Waals surface area contributed by atoms with E-state index in [1.54, 1.807) is 30.6 Å². The molecule has 0 bridgehead atoms. The van der Waals surface area contributed by atoms with Crippen molar-refractivity contribution < 1.29 is 22.7 Å². The van der Waals surface area contributed by atoms with Gasteiger partial charge in [-0.25, -0.2) is 18.2 Å². The summed E-state index contributed by atoms with van der Waals surface area (Å²) in [7, 11) is 0. The van der Waals surface area contributed by atoms with Crippen molar-refractivity contribution in [3.63, 3.8) is 0 Å². The molecule has 1 atom stereocenters. The van der Waals surface area contributed by atoms with Crippen LogP contribution in [0.3, 0.4) is 0 Å². The summed E-state index contributed by atoms with van der Waals surface area (Å²) in [5, 5.41) is 13.1. The fraction of sp³-hybridized carbons (Fsp3) is 0.240. The molecular weight excluding hydrogens is 431 g/mol. The van der Waals surface area contributed by atoms with E-state index in [1.165, 1.54) is 18.2 Å². The fourth-order valence-corrected chi connectivity index (χ4v) is 4.34. The predicted molar refractivity (Wildman–Crippen MR) is 118 cm³/mol. The Balaban J connectivity index is 1.49. The minimum Gasteiger partial charge on any atom is -0.455 e. The highest BCUT2D eigenvalue weighted by Crippen LogP contribution is 2.39. The van der Waals surface area contributed by atoms with Gasteiger partial charge >= 0.3 is 0 Å². The van der Waals surface area contributed by atoms with Gasteiger partial charge in [-0.2, -0.15) is 0 Å². The van der Waals surface area contributed by atoms with Gasteiger partial charge < -0.3 is 19.4 Å². The molecule has 5 nitrogen and oxygen atoms in total. The van der Waals surface area contributed by atoms with Crippen LogP contribution in [-0.4, -0.2) is 14.7 Å². The number of rotatable bonds is 6. The van der Waals surface area contributed by atoms with Crippen LogP contribution in [0.1, 0.15) is 43.7 Å². The third-order valence-electron chi connectivity index (χ3n) is 5.98. The molecule has 1 unspecified atom stereocenters. The first-order valence-corrected chi connectivity index (χ1v) is 10.8. The summed E-state index contributed by atoms with van der Waals surface area (Å²) >= 11 is 0. The van der Waals surface area contributed by atoms with Gasteiger partial charge in [0, 0.05) is 17.7 Å². The number of aliphatic hydroxyl groups excluding tert-OH is 1. The first-order chi connectivity index (χ1) is 16.0. The van der Waals surface area contributed by atoms with Crippen molar-refractivity contribution in [1.82, 2.24) is 9.55 Å². The molecule has 1 aliphatic carbocycles. The first-order valence-electron chi connectivity index (χ1n) is 10.8. The minimum atomic E-state index is -1.35. The van der Waals surface area contributed by atoms with Gasteiger partial charge in [0.15, 0.2) is 17.7 Å². The standard InChI is InChI=1S/C25H22F3N3O2/c26-16-7-5-15(6-8-16)23-24(31(14-29-23)18-3-1-2-4-18)21-11-12-22(33-21)25(32)30-20-10-9-17(27)13-19(20)28/h5-14,18,25,30,32H,1-4H2. The monoisotopic (exact) mass is 453 g/mol. The van der Waals surface area contributed by atoms with Crippen LogP contribution < -0.4 is 5.32 Å². The topological polar surface area (TPSA) is 63.2 Å². The first kappa shape index (κ1) is 21.3. The molecule has 2 N–H and O–H groups in total. The highest BCUT2D eigenvalue weighted by atomic mass is 19.1. The molecule has 2 heterocycles. The van der Waals surface area contributed by atoms with E-state index in [-0.39, 0.29) is 23.3 Å². The number of halogens is 3. The average Bonchev–Trinajstić information content (AvgIpc) is 3.56.